The highest BCUT2D eigenvalue weighted by molar-refractivity contribution is 7.80. The maximum atomic E-state index is 4.36. The molecule has 4 atom stereocenters. The normalized spacial score (nSPS) is 36.4. The SMILES string of the molecule is CC(CS)CN(C)CC1CC2CCC1C2. The Morgan fingerprint density at radius 1 is 1.33 bits per heavy atom. The number of thiol groups is 1. The summed E-state index contributed by atoms with van der Waals surface area (Å²) in [7, 11) is 2.28. The fraction of sp³-hybridized carbons (Fsp3) is 1.00. The zero-order valence-electron chi connectivity index (χ0n) is 10.2. The predicted molar refractivity (Wildman–Crippen MR) is 69.5 cm³/mol. The van der Waals surface area contributed by atoms with Crippen LogP contribution in [0.15, 0.2) is 0 Å². The molecule has 2 rings (SSSR count). The molecule has 2 saturated carbocycles. The van der Waals surface area contributed by atoms with Crippen LogP contribution >= 0.6 is 12.6 Å². The molecule has 1 nitrogen and oxygen atoms in total. The second-order valence-corrected chi connectivity index (χ2v) is 6.31. The summed E-state index contributed by atoms with van der Waals surface area (Å²) in [6, 6.07) is 0. The van der Waals surface area contributed by atoms with Crippen LogP contribution in [0.25, 0.3) is 0 Å². The van der Waals surface area contributed by atoms with Crippen LogP contribution in [0.3, 0.4) is 0 Å². The fourth-order valence-corrected chi connectivity index (χ4v) is 3.78. The van der Waals surface area contributed by atoms with E-state index in [1.54, 1.807) is 6.42 Å². The van der Waals surface area contributed by atoms with Crippen molar-refractivity contribution in [2.45, 2.75) is 32.6 Å². The van der Waals surface area contributed by atoms with E-state index in [2.05, 4.69) is 31.5 Å². The number of hydrogen-bond acceptors (Lipinski definition) is 2. The molecule has 2 heteroatoms. The van der Waals surface area contributed by atoms with Crippen molar-refractivity contribution in [3.05, 3.63) is 0 Å². The van der Waals surface area contributed by atoms with E-state index in [-0.39, 0.29) is 0 Å². The van der Waals surface area contributed by atoms with Crippen molar-refractivity contribution in [1.82, 2.24) is 4.90 Å². The molecule has 0 aromatic rings. The lowest BCUT2D eigenvalue weighted by atomic mass is 9.88. The molecule has 0 aromatic carbocycles. The number of fused-ring (bicyclic) bond motifs is 2. The molecule has 0 aliphatic heterocycles. The molecule has 4 unspecified atom stereocenters. The highest BCUT2D eigenvalue weighted by atomic mass is 32.1. The van der Waals surface area contributed by atoms with E-state index in [1.165, 1.54) is 32.4 Å². The zero-order chi connectivity index (χ0) is 10.8. The Labute approximate surface area is 100 Å². The van der Waals surface area contributed by atoms with Crippen molar-refractivity contribution >= 4 is 12.6 Å². The van der Waals surface area contributed by atoms with Crippen molar-refractivity contribution in [2.75, 3.05) is 25.9 Å². The first-order valence-corrected chi connectivity index (χ1v) is 7.11. The molecular formula is C13H25NS. The maximum Gasteiger partial charge on any atom is 0.00119 e. The first kappa shape index (κ1) is 11.8. The van der Waals surface area contributed by atoms with Crippen LogP contribution in [0.1, 0.15) is 32.6 Å². The van der Waals surface area contributed by atoms with Crippen LogP contribution < -0.4 is 0 Å². The lowest BCUT2D eigenvalue weighted by Gasteiger charge is -2.28. The van der Waals surface area contributed by atoms with Gasteiger partial charge in [0.05, 0.1) is 0 Å². The van der Waals surface area contributed by atoms with E-state index < -0.39 is 0 Å². The van der Waals surface area contributed by atoms with E-state index in [0.717, 1.165) is 29.4 Å². The minimum Gasteiger partial charge on any atom is -0.306 e. The molecular weight excluding hydrogens is 202 g/mol. The Hall–Kier alpha value is 0.310. The largest absolute Gasteiger partial charge is 0.306 e. The summed E-state index contributed by atoms with van der Waals surface area (Å²) in [5.74, 6) is 4.93. The van der Waals surface area contributed by atoms with Gasteiger partial charge in [0.1, 0.15) is 0 Å². The van der Waals surface area contributed by atoms with Gasteiger partial charge in [0, 0.05) is 13.1 Å². The summed E-state index contributed by atoms with van der Waals surface area (Å²) in [4.78, 5) is 2.53. The zero-order valence-corrected chi connectivity index (χ0v) is 11.0. The van der Waals surface area contributed by atoms with Crippen LogP contribution in [0.4, 0.5) is 0 Å². The minimum atomic E-state index is 0.733. The molecule has 0 amide bonds. The summed E-state index contributed by atoms with van der Waals surface area (Å²) in [5, 5.41) is 0. The average molecular weight is 227 g/mol. The molecule has 0 heterocycles. The van der Waals surface area contributed by atoms with Gasteiger partial charge in [-0.1, -0.05) is 13.3 Å². The van der Waals surface area contributed by atoms with Gasteiger partial charge in [0.2, 0.25) is 0 Å². The summed E-state index contributed by atoms with van der Waals surface area (Å²) >= 11 is 4.36. The van der Waals surface area contributed by atoms with E-state index >= 15 is 0 Å². The predicted octanol–water partition coefficient (Wildman–Crippen LogP) is 2.92. The molecule has 2 aliphatic carbocycles. The van der Waals surface area contributed by atoms with Crippen LogP contribution in [-0.2, 0) is 0 Å². The quantitative estimate of drug-likeness (QED) is 0.707. The molecule has 2 bridgehead atoms. The highest BCUT2D eigenvalue weighted by Crippen LogP contribution is 2.48. The van der Waals surface area contributed by atoms with Crippen molar-refractivity contribution < 1.29 is 0 Å². The molecule has 88 valence electrons. The van der Waals surface area contributed by atoms with Gasteiger partial charge in [-0.25, -0.2) is 0 Å². The molecule has 0 aromatic heterocycles. The van der Waals surface area contributed by atoms with Crippen molar-refractivity contribution in [3.8, 4) is 0 Å². The topological polar surface area (TPSA) is 3.24 Å². The first-order valence-electron chi connectivity index (χ1n) is 6.48. The Morgan fingerprint density at radius 3 is 2.67 bits per heavy atom. The highest BCUT2D eigenvalue weighted by Gasteiger charge is 2.39. The first-order chi connectivity index (χ1) is 7.19. The maximum absolute atomic E-state index is 4.36. The summed E-state index contributed by atoms with van der Waals surface area (Å²) in [6.07, 6.45) is 6.11. The lowest BCUT2D eigenvalue weighted by Crippen LogP contribution is -2.32. The average Bonchev–Trinajstić information content (AvgIpc) is 2.78. The number of rotatable bonds is 5. The van der Waals surface area contributed by atoms with Crippen LogP contribution in [0.2, 0.25) is 0 Å². The molecule has 2 aliphatic rings. The molecule has 0 spiro atoms. The molecule has 0 radical (unpaired) electrons. The van der Waals surface area contributed by atoms with Gasteiger partial charge in [-0.2, -0.15) is 12.6 Å². The third kappa shape index (κ3) is 2.91. The number of nitrogens with zero attached hydrogens (tertiary/aromatic N) is 1. The van der Waals surface area contributed by atoms with Gasteiger partial charge in [0.25, 0.3) is 0 Å². The fourth-order valence-electron chi connectivity index (χ4n) is 3.66. The van der Waals surface area contributed by atoms with E-state index in [9.17, 15) is 0 Å². The Balaban J connectivity index is 1.72. The standard InChI is InChI=1S/C13H25NS/c1-10(9-15)7-14(2)8-13-6-11-3-4-12(13)5-11/h10-13,15H,3-9H2,1-2H3. The Bertz CT molecular complexity index is 207. The Kier molecular flexibility index (Phi) is 4.00. The van der Waals surface area contributed by atoms with E-state index in [0.29, 0.717) is 0 Å². The molecule has 15 heavy (non-hydrogen) atoms. The van der Waals surface area contributed by atoms with Crippen molar-refractivity contribution in [2.24, 2.45) is 23.7 Å². The third-order valence-corrected chi connectivity index (χ3v) is 4.99. The third-order valence-electron chi connectivity index (χ3n) is 4.37. The van der Waals surface area contributed by atoms with Crippen molar-refractivity contribution in [1.29, 1.82) is 0 Å². The number of hydrogen-bond donors (Lipinski definition) is 1. The monoisotopic (exact) mass is 227 g/mol. The van der Waals surface area contributed by atoms with Crippen LogP contribution in [0, 0.1) is 23.7 Å². The van der Waals surface area contributed by atoms with E-state index in [4.69, 9.17) is 0 Å². The second kappa shape index (κ2) is 5.09. The van der Waals surface area contributed by atoms with Gasteiger partial charge < -0.3 is 4.90 Å². The smallest absolute Gasteiger partial charge is 0.00119 e. The molecule has 0 N–H and O–H groups in total. The summed E-state index contributed by atoms with van der Waals surface area (Å²) < 4.78 is 0. The lowest BCUT2D eigenvalue weighted by molar-refractivity contribution is 0.205. The molecule has 0 saturated heterocycles. The van der Waals surface area contributed by atoms with Crippen LogP contribution in [0.5, 0.6) is 0 Å². The second-order valence-electron chi connectivity index (χ2n) is 5.94. The summed E-state index contributed by atoms with van der Waals surface area (Å²) in [5.41, 5.74) is 0. The van der Waals surface area contributed by atoms with Crippen molar-refractivity contribution in [3.63, 3.8) is 0 Å². The van der Waals surface area contributed by atoms with Gasteiger partial charge in [-0.3, -0.25) is 0 Å². The van der Waals surface area contributed by atoms with Gasteiger partial charge >= 0.3 is 0 Å². The van der Waals surface area contributed by atoms with Gasteiger partial charge in [0.15, 0.2) is 0 Å². The van der Waals surface area contributed by atoms with Crippen LogP contribution in [-0.4, -0.2) is 30.8 Å². The minimum absolute atomic E-state index is 0.733. The summed E-state index contributed by atoms with van der Waals surface area (Å²) in [6.45, 7) is 4.85. The Morgan fingerprint density at radius 2 is 2.13 bits per heavy atom. The van der Waals surface area contributed by atoms with E-state index in [1.807, 2.05) is 0 Å². The molecule has 2 fully saturated rings. The van der Waals surface area contributed by atoms with Gasteiger partial charge in [-0.05, 0) is 55.7 Å². The van der Waals surface area contributed by atoms with Gasteiger partial charge in [-0.15, -0.1) is 0 Å².